The zero-order valence-electron chi connectivity index (χ0n) is 16.8. The van der Waals surface area contributed by atoms with Gasteiger partial charge in [0.05, 0.1) is 13.7 Å². The van der Waals surface area contributed by atoms with Crippen LogP contribution < -0.4 is 19.7 Å². The summed E-state index contributed by atoms with van der Waals surface area (Å²) in [4.78, 5) is 19.2. The maximum Gasteiger partial charge on any atom is 0.243 e. The van der Waals surface area contributed by atoms with E-state index in [0.717, 1.165) is 42.3 Å². The molecule has 1 aliphatic rings. The zero-order valence-corrected chi connectivity index (χ0v) is 17.6. The predicted molar refractivity (Wildman–Crippen MR) is 112 cm³/mol. The first-order chi connectivity index (χ1) is 13.6. The SMILES string of the molecule is COc1cc(CNC(=O)C2CCCN2c2nccs2)ccc1OCCC(C)C. The Morgan fingerprint density at radius 2 is 2.25 bits per heavy atom. The molecule has 1 saturated heterocycles. The molecule has 1 aromatic carbocycles. The van der Waals surface area contributed by atoms with Crippen molar-refractivity contribution in [2.24, 2.45) is 5.92 Å². The Bertz CT molecular complexity index is 764. The van der Waals surface area contributed by atoms with Crippen molar-refractivity contribution in [3.63, 3.8) is 0 Å². The average Bonchev–Trinajstić information content (AvgIpc) is 3.37. The van der Waals surface area contributed by atoms with Gasteiger partial charge in [0.25, 0.3) is 0 Å². The van der Waals surface area contributed by atoms with Gasteiger partial charge in [-0.1, -0.05) is 19.9 Å². The van der Waals surface area contributed by atoms with Crippen LogP contribution in [0.4, 0.5) is 5.13 Å². The molecular weight excluding hydrogens is 374 g/mol. The topological polar surface area (TPSA) is 63.7 Å². The third-order valence-corrected chi connectivity index (χ3v) is 5.68. The van der Waals surface area contributed by atoms with Gasteiger partial charge in [-0.05, 0) is 42.9 Å². The molecule has 0 saturated carbocycles. The van der Waals surface area contributed by atoms with Crippen molar-refractivity contribution in [3.05, 3.63) is 35.3 Å². The molecule has 28 heavy (non-hydrogen) atoms. The molecule has 2 aromatic rings. The highest BCUT2D eigenvalue weighted by atomic mass is 32.1. The molecular formula is C21H29N3O3S. The van der Waals surface area contributed by atoms with Gasteiger partial charge in [-0.3, -0.25) is 4.79 Å². The van der Waals surface area contributed by atoms with Gasteiger partial charge in [0.1, 0.15) is 6.04 Å². The smallest absolute Gasteiger partial charge is 0.243 e. The van der Waals surface area contributed by atoms with Crippen molar-refractivity contribution in [3.8, 4) is 11.5 Å². The van der Waals surface area contributed by atoms with E-state index in [0.29, 0.717) is 24.8 Å². The van der Waals surface area contributed by atoms with E-state index in [1.807, 2.05) is 23.6 Å². The van der Waals surface area contributed by atoms with Crippen molar-refractivity contribution in [2.75, 3.05) is 25.2 Å². The minimum Gasteiger partial charge on any atom is -0.493 e. The zero-order chi connectivity index (χ0) is 19.9. The largest absolute Gasteiger partial charge is 0.493 e. The van der Waals surface area contributed by atoms with Crippen LogP contribution in [0.1, 0.15) is 38.7 Å². The molecule has 2 heterocycles. The third-order valence-electron chi connectivity index (χ3n) is 4.87. The number of nitrogens with zero attached hydrogens (tertiary/aromatic N) is 2. The number of benzene rings is 1. The standard InChI is InChI=1S/C21H29N3O3S/c1-15(2)8-11-27-18-7-6-16(13-19(18)26-3)14-23-20(25)17-5-4-10-24(17)21-22-9-12-28-21/h6-7,9,12-13,15,17H,4-5,8,10-11,14H2,1-3H3,(H,23,25). The van der Waals surface area contributed by atoms with E-state index < -0.39 is 0 Å². The van der Waals surface area contributed by atoms with E-state index in [-0.39, 0.29) is 11.9 Å². The fraction of sp³-hybridized carbons (Fsp3) is 0.524. The number of carbonyl (C=O) groups is 1. The maximum atomic E-state index is 12.7. The number of amides is 1. The van der Waals surface area contributed by atoms with E-state index >= 15 is 0 Å². The van der Waals surface area contributed by atoms with E-state index in [1.54, 1.807) is 24.6 Å². The Labute approximate surface area is 170 Å². The van der Waals surface area contributed by atoms with Crippen LogP contribution in [0.25, 0.3) is 0 Å². The summed E-state index contributed by atoms with van der Waals surface area (Å²) in [6.45, 7) is 6.35. The van der Waals surface area contributed by atoms with Crippen LogP contribution in [0.5, 0.6) is 11.5 Å². The van der Waals surface area contributed by atoms with Crippen molar-refractivity contribution in [1.82, 2.24) is 10.3 Å². The Balaban J connectivity index is 1.57. The molecule has 1 fully saturated rings. The molecule has 0 radical (unpaired) electrons. The van der Waals surface area contributed by atoms with Gasteiger partial charge >= 0.3 is 0 Å². The summed E-state index contributed by atoms with van der Waals surface area (Å²) in [5.41, 5.74) is 0.986. The lowest BCUT2D eigenvalue weighted by atomic mass is 10.1. The van der Waals surface area contributed by atoms with Crippen LogP contribution in [-0.2, 0) is 11.3 Å². The summed E-state index contributed by atoms with van der Waals surface area (Å²) >= 11 is 1.57. The summed E-state index contributed by atoms with van der Waals surface area (Å²) in [6.07, 6.45) is 4.65. The highest BCUT2D eigenvalue weighted by molar-refractivity contribution is 7.13. The number of rotatable bonds is 9. The van der Waals surface area contributed by atoms with Gasteiger partial charge in [-0.25, -0.2) is 4.98 Å². The third kappa shape index (κ3) is 5.16. The van der Waals surface area contributed by atoms with Gasteiger partial charge in [0.15, 0.2) is 16.6 Å². The lowest BCUT2D eigenvalue weighted by Crippen LogP contribution is -2.43. The molecule has 1 atom stereocenters. The summed E-state index contributed by atoms with van der Waals surface area (Å²) < 4.78 is 11.3. The number of thiazole rings is 1. The summed E-state index contributed by atoms with van der Waals surface area (Å²) in [5.74, 6) is 2.08. The first-order valence-corrected chi connectivity index (χ1v) is 10.7. The maximum absolute atomic E-state index is 12.7. The number of hydrogen-bond donors (Lipinski definition) is 1. The Hall–Kier alpha value is -2.28. The van der Waals surface area contributed by atoms with Crippen molar-refractivity contribution in [1.29, 1.82) is 0 Å². The highest BCUT2D eigenvalue weighted by Gasteiger charge is 2.31. The normalized spacial score (nSPS) is 16.4. The molecule has 1 unspecified atom stereocenters. The Morgan fingerprint density at radius 1 is 1.39 bits per heavy atom. The van der Waals surface area contributed by atoms with Crippen LogP contribution in [-0.4, -0.2) is 37.2 Å². The predicted octanol–water partition coefficient (Wildman–Crippen LogP) is 3.86. The van der Waals surface area contributed by atoms with E-state index in [2.05, 4.69) is 29.0 Å². The molecule has 0 aliphatic carbocycles. The summed E-state index contributed by atoms with van der Waals surface area (Å²) in [5, 5.41) is 5.92. The number of carbonyl (C=O) groups excluding carboxylic acids is 1. The Morgan fingerprint density at radius 3 is 2.96 bits per heavy atom. The van der Waals surface area contributed by atoms with E-state index in [4.69, 9.17) is 9.47 Å². The van der Waals surface area contributed by atoms with Crippen LogP contribution in [0.15, 0.2) is 29.8 Å². The molecule has 6 nitrogen and oxygen atoms in total. The monoisotopic (exact) mass is 403 g/mol. The van der Waals surface area contributed by atoms with Gasteiger partial charge in [-0.15, -0.1) is 11.3 Å². The van der Waals surface area contributed by atoms with Crippen LogP contribution >= 0.6 is 11.3 Å². The van der Waals surface area contributed by atoms with E-state index in [9.17, 15) is 4.79 Å². The number of anilines is 1. The van der Waals surface area contributed by atoms with Gasteiger partial charge < -0.3 is 19.7 Å². The molecule has 3 rings (SSSR count). The second-order valence-electron chi connectivity index (χ2n) is 7.40. The van der Waals surface area contributed by atoms with E-state index in [1.165, 1.54) is 0 Å². The lowest BCUT2D eigenvalue weighted by Gasteiger charge is -2.23. The number of ether oxygens (including phenoxy) is 2. The van der Waals surface area contributed by atoms with Crippen molar-refractivity contribution < 1.29 is 14.3 Å². The van der Waals surface area contributed by atoms with Crippen LogP contribution in [0.2, 0.25) is 0 Å². The molecule has 1 aromatic heterocycles. The van der Waals surface area contributed by atoms with Gasteiger partial charge in [0, 0.05) is 24.7 Å². The fourth-order valence-corrected chi connectivity index (χ4v) is 4.00. The first kappa shape index (κ1) is 20.5. The minimum atomic E-state index is -0.147. The number of nitrogens with one attached hydrogen (secondary N) is 1. The van der Waals surface area contributed by atoms with Gasteiger partial charge in [-0.2, -0.15) is 0 Å². The van der Waals surface area contributed by atoms with Crippen LogP contribution in [0.3, 0.4) is 0 Å². The highest BCUT2D eigenvalue weighted by Crippen LogP contribution is 2.29. The van der Waals surface area contributed by atoms with Crippen molar-refractivity contribution >= 4 is 22.4 Å². The molecule has 0 bridgehead atoms. The summed E-state index contributed by atoms with van der Waals surface area (Å²) in [7, 11) is 1.64. The van der Waals surface area contributed by atoms with Gasteiger partial charge in [0.2, 0.25) is 5.91 Å². The quantitative estimate of drug-likeness (QED) is 0.689. The molecule has 7 heteroatoms. The number of methoxy groups -OCH3 is 1. The molecule has 1 aliphatic heterocycles. The number of hydrogen-bond acceptors (Lipinski definition) is 6. The molecule has 0 spiro atoms. The molecule has 1 amide bonds. The molecule has 152 valence electrons. The number of aromatic nitrogens is 1. The van der Waals surface area contributed by atoms with Crippen LogP contribution in [0, 0.1) is 5.92 Å². The summed E-state index contributed by atoms with van der Waals surface area (Å²) in [6, 6.07) is 5.67. The average molecular weight is 404 g/mol. The first-order valence-electron chi connectivity index (χ1n) is 9.82. The fourth-order valence-electron chi connectivity index (χ4n) is 3.28. The van der Waals surface area contributed by atoms with Crippen molar-refractivity contribution in [2.45, 2.75) is 45.7 Å². The lowest BCUT2D eigenvalue weighted by molar-refractivity contribution is -0.122. The second-order valence-corrected chi connectivity index (χ2v) is 8.27. The molecule has 1 N–H and O–H groups in total. The second kappa shape index (κ2) is 9.78. The minimum absolute atomic E-state index is 0.0453. The Kier molecular flexibility index (Phi) is 7.14.